The number of hydrogen-bond donors (Lipinski definition) is 3. The normalized spacial score (nSPS) is 21.3. The molecule has 1 fully saturated rings. The molecule has 0 bridgehead atoms. The monoisotopic (exact) mass is 320 g/mol. The van der Waals surface area contributed by atoms with Crippen LogP contribution in [-0.2, 0) is 15.0 Å². The van der Waals surface area contributed by atoms with E-state index in [9.17, 15) is 13.2 Å². The van der Waals surface area contributed by atoms with E-state index in [2.05, 4.69) is 11.6 Å². The number of nitrogens with two attached hydrogens (primary N) is 2. The van der Waals surface area contributed by atoms with Crippen molar-refractivity contribution in [3.05, 3.63) is 0 Å². The van der Waals surface area contributed by atoms with E-state index in [1.54, 1.807) is 0 Å². The van der Waals surface area contributed by atoms with Gasteiger partial charge in [0, 0.05) is 26.1 Å². The van der Waals surface area contributed by atoms with E-state index in [0.717, 1.165) is 32.2 Å². The average Bonchev–Trinajstić information content (AvgIpc) is 2.42. The molecule has 2 atom stereocenters. The van der Waals surface area contributed by atoms with Crippen LogP contribution in [0.4, 0.5) is 0 Å². The molecular weight excluding hydrogens is 292 g/mol. The van der Waals surface area contributed by atoms with Crippen molar-refractivity contribution >= 4 is 16.1 Å². The highest BCUT2D eigenvalue weighted by Crippen LogP contribution is 2.18. The number of piperidine rings is 1. The molecule has 21 heavy (non-hydrogen) atoms. The van der Waals surface area contributed by atoms with Crippen molar-refractivity contribution in [1.29, 1.82) is 0 Å². The smallest absolute Gasteiger partial charge is 0.274 e. The van der Waals surface area contributed by atoms with Crippen molar-refractivity contribution < 1.29 is 13.2 Å². The fourth-order valence-corrected chi connectivity index (χ4v) is 3.12. The summed E-state index contributed by atoms with van der Waals surface area (Å²) >= 11 is 0. The maximum atomic E-state index is 12.2. The van der Waals surface area contributed by atoms with Crippen molar-refractivity contribution in [2.24, 2.45) is 22.7 Å². The van der Waals surface area contributed by atoms with Crippen LogP contribution < -0.4 is 15.6 Å². The van der Waals surface area contributed by atoms with Crippen molar-refractivity contribution in [3.63, 3.8) is 0 Å². The lowest BCUT2D eigenvalue weighted by Gasteiger charge is -2.33. The fourth-order valence-electron chi connectivity index (χ4n) is 2.65. The molecule has 1 rings (SSSR count). The first-order valence-electron chi connectivity index (χ1n) is 7.57. The zero-order chi connectivity index (χ0) is 15.9. The van der Waals surface area contributed by atoms with Gasteiger partial charge in [0.1, 0.15) is 0 Å². The lowest BCUT2D eigenvalue weighted by Crippen LogP contribution is -2.44. The summed E-state index contributed by atoms with van der Waals surface area (Å²) in [6.07, 6.45) is 4.15. The SMILES string of the molecule is CC(CCN)CCC(=O)N1CCCC(CNS(N)(=O)=O)C1. The predicted octanol–water partition coefficient (Wildman–Crippen LogP) is -0.217. The number of carbonyl (C=O) groups is 1. The van der Waals surface area contributed by atoms with Gasteiger partial charge >= 0.3 is 0 Å². The second-order valence-electron chi connectivity index (χ2n) is 5.96. The summed E-state index contributed by atoms with van der Waals surface area (Å²) in [4.78, 5) is 14.0. The molecule has 0 radical (unpaired) electrons. The molecule has 0 saturated carbocycles. The van der Waals surface area contributed by atoms with Crippen molar-refractivity contribution in [1.82, 2.24) is 9.62 Å². The number of amides is 1. The van der Waals surface area contributed by atoms with Gasteiger partial charge in [0.15, 0.2) is 0 Å². The number of rotatable bonds is 8. The van der Waals surface area contributed by atoms with Gasteiger partial charge in [0.2, 0.25) is 5.91 Å². The van der Waals surface area contributed by atoms with Gasteiger partial charge in [-0.2, -0.15) is 8.42 Å². The van der Waals surface area contributed by atoms with Gasteiger partial charge in [-0.25, -0.2) is 9.86 Å². The molecule has 0 spiro atoms. The minimum absolute atomic E-state index is 0.141. The summed E-state index contributed by atoms with van der Waals surface area (Å²) in [5.74, 6) is 0.755. The molecule has 1 amide bonds. The Labute approximate surface area is 127 Å². The molecule has 0 aromatic rings. The Morgan fingerprint density at radius 3 is 2.76 bits per heavy atom. The highest BCUT2D eigenvalue weighted by atomic mass is 32.2. The standard InChI is InChI=1S/C13H28N4O3S/c1-11(6-7-14)4-5-13(18)17-8-2-3-12(10-17)9-16-21(15,19)20/h11-12,16H,2-10,14H2,1H3,(H2,15,19,20). The molecule has 1 saturated heterocycles. The summed E-state index contributed by atoms with van der Waals surface area (Å²) in [6.45, 7) is 4.42. The molecule has 8 heteroatoms. The second-order valence-corrected chi connectivity index (χ2v) is 7.34. The lowest BCUT2D eigenvalue weighted by molar-refractivity contribution is -0.133. The molecule has 124 valence electrons. The third-order valence-electron chi connectivity index (χ3n) is 3.96. The van der Waals surface area contributed by atoms with Crippen LogP contribution in [-0.4, -0.2) is 45.4 Å². The highest BCUT2D eigenvalue weighted by Gasteiger charge is 2.24. The van der Waals surface area contributed by atoms with Gasteiger partial charge in [0.05, 0.1) is 0 Å². The third kappa shape index (κ3) is 7.75. The van der Waals surface area contributed by atoms with Crippen LogP contribution in [0, 0.1) is 11.8 Å². The molecule has 0 aromatic carbocycles. The Morgan fingerprint density at radius 2 is 2.14 bits per heavy atom. The van der Waals surface area contributed by atoms with Crippen LogP contribution in [0.25, 0.3) is 0 Å². The van der Waals surface area contributed by atoms with E-state index in [1.807, 2.05) is 4.90 Å². The summed E-state index contributed by atoms with van der Waals surface area (Å²) in [7, 11) is -3.65. The Balaban J connectivity index is 2.35. The topological polar surface area (TPSA) is 119 Å². The van der Waals surface area contributed by atoms with E-state index < -0.39 is 10.2 Å². The average molecular weight is 320 g/mol. The van der Waals surface area contributed by atoms with Gasteiger partial charge in [0.25, 0.3) is 10.2 Å². The van der Waals surface area contributed by atoms with Gasteiger partial charge in [-0.05, 0) is 44.1 Å². The number of likely N-dealkylation sites (tertiary alicyclic amines) is 1. The van der Waals surface area contributed by atoms with E-state index in [0.29, 0.717) is 32.0 Å². The highest BCUT2D eigenvalue weighted by molar-refractivity contribution is 7.87. The molecule has 2 unspecified atom stereocenters. The first kappa shape index (κ1) is 18.3. The first-order chi connectivity index (χ1) is 9.81. The molecular formula is C13H28N4O3S. The number of nitrogens with one attached hydrogen (secondary N) is 1. The Morgan fingerprint density at radius 1 is 1.43 bits per heavy atom. The minimum Gasteiger partial charge on any atom is -0.342 e. The Kier molecular flexibility index (Phi) is 7.58. The summed E-state index contributed by atoms with van der Waals surface area (Å²) in [6, 6.07) is 0. The molecule has 1 heterocycles. The molecule has 1 aliphatic heterocycles. The number of hydrogen-bond acceptors (Lipinski definition) is 4. The van der Waals surface area contributed by atoms with Gasteiger partial charge in [-0.3, -0.25) is 4.79 Å². The van der Waals surface area contributed by atoms with Crippen molar-refractivity contribution in [2.75, 3.05) is 26.2 Å². The van der Waals surface area contributed by atoms with Crippen LogP contribution in [0.1, 0.15) is 39.0 Å². The van der Waals surface area contributed by atoms with Crippen LogP contribution in [0.15, 0.2) is 0 Å². The quantitative estimate of drug-likeness (QED) is 0.573. The summed E-state index contributed by atoms with van der Waals surface area (Å²) < 4.78 is 24.1. The van der Waals surface area contributed by atoms with E-state index in [1.165, 1.54) is 0 Å². The van der Waals surface area contributed by atoms with E-state index in [4.69, 9.17) is 10.9 Å². The van der Waals surface area contributed by atoms with Gasteiger partial charge < -0.3 is 10.6 Å². The van der Waals surface area contributed by atoms with Crippen molar-refractivity contribution in [3.8, 4) is 0 Å². The molecule has 1 aliphatic rings. The van der Waals surface area contributed by atoms with Crippen LogP contribution in [0.2, 0.25) is 0 Å². The molecule has 7 nitrogen and oxygen atoms in total. The van der Waals surface area contributed by atoms with Crippen LogP contribution >= 0.6 is 0 Å². The largest absolute Gasteiger partial charge is 0.342 e. The first-order valence-corrected chi connectivity index (χ1v) is 9.11. The zero-order valence-electron chi connectivity index (χ0n) is 12.8. The molecule has 0 aliphatic carbocycles. The van der Waals surface area contributed by atoms with Crippen molar-refractivity contribution in [2.45, 2.75) is 39.0 Å². The maximum Gasteiger partial charge on any atom is 0.274 e. The lowest BCUT2D eigenvalue weighted by atomic mass is 9.97. The molecule has 5 N–H and O–H groups in total. The maximum absolute atomic E-state index is 12.2. The number of nitrogens with zero attached hydrogens (tertiary/aromatic N) is 1. The Bertz CT molecular complexity index is 427. The third-order valence-corrected chi connectivity index (χ3v) is 4.52. The zero-order valence-corrected chi connectivity index (χ0v) is 13.6. The minimum atomic E-state index is -3.65. The number of carbonyl (C=O) groups excluding carboxylic acids is 1. The predicted molar refractivity (Wildman–Crippen MR) is 82.5 cm³/mol. The van der Waals surface area contributed by atoms with Gasteiger partial charge in [-0.15, -0.1) is 0 Å². The Hall–Kier alpha value is -0.700. The summed E-state index contributed by atoms with van der Waals surface area (Å²) in [5, 5.41) is 4.93. The van der Waals surface area contributed by atoms with E-state index in [-0.39, 0.29) is 11.8 Å². The summed E-state index contributed by atoms with van der Waals surface area (Å²) in [5.41, 5.74) is 5.50. The fraction of sp³-hybridized carbons (Fsp3) is 0.923. The van der Waals surface area contributed by atoms with Crippen LogP contribution in [0.3, 0.4) is 0 Å². The van der Waals surface area contributed by atoms with E-state index >= 15 is 0 Å². The van der Waals surface area contributed by atoms with Gasteiger partial charge in [-0.1, -0.05) is 6.92 Å². The second kappa shape index (κ2) is 8.67. The molecule has 0 aromatic heterocycles. The van der Waals surface area contributed by atoms with Crippen LogP contribution in [0.5, 0.6) is 0 Å².